The van der Waals surface area contributed by atoms with Crippen LogP contribution in [-0.2, 0) is 0 Å². The average molecular weight is 219 g/mol. The lowest BCUT2D eigenvalue weighted by molar-refractivity contribution is 0.0531. The third kappa shape index (κ3) is 2.43. The van der Waals surface area contributed by atoms with Crippen molar-refractivity contribution in [2.24, 2.45) is 17.8 Å². The van der Waals surface area contributed by atoms with Crippen LogP contribution >= 0.6 is 0 Å². The van der Waals surface area contributed by atoms with Crippen molar-refractivity contribution in [2.75, 3.05) is 0 Å². The molecule has 1 aliphatic rings. The van der Waals surface area contributed by atoms with Gasteiger partial charge < -0.3 is 5.11 Å². The zero-order valence-corrected chi connectivity index (χ0v) is 10.1. The second kappa shape index (κ2) is 4.96. The quantitative estimate of drug-likeness (QED) is 0.828. The SMILES string of the molecule is CC1CCC(C(O)c2ccccn2)CC1C. The Kier molecular flexibility index (Phi) is 3.59. The molecule has 0 aliphatic heterocycles. The molecule has 4 unspecified atom stereocenters. The van der Waals surface area contributed by atoms with Gasteiger partial charge in [0.2, 0.25) is 0 Å². The van der Waals surface area contributed by atoms with E-state index in [1.165, 1.54) is 6.42 Å². The Balaban J connectivity index is 2.03. The van der Waals surface area contributed by atoms with Crippen molar-refractivity contribution in [1.82, 2.24) is 4.98 Å². The van der Waals surface area contributed by atoms with Gasteiger partial charge in [0, 0.05) is 6.20 Å². The Hall–Kier alpha value is -0.890. The number of aromatic nitrogens is 1. The zero-order chi connectivity index (χ0) is 11.5. The minimum atomic E-state index is -0.379. The van der Waals surface area contributed by atoms with Crippen LogP contribution in [0.15, 0.2) is 24.4 Å². The summed E-state index contributed by atoms with van der Waals surface area (Å²) in [4.78, 5) is 4.25. The molecule has 1 heterocycles. The highest BCUT2D eigenvalue weighted by Crippen LogP contribution is 2.39. The molecule has 1 saturated carbocycles. The van der Waals surface area contributed by atoms with Gasteiger partial charge in [-0.2, -0.15) is 0 Å². The van der Waals surface area contributed by atoms with Gasteiger partial charge in [0.25, 0.3) is 0 Å². The summed E-state index contributed by atoms with van der Waals surface area (Å²) in [6.07, 6.45) is 4.86. The minimum absolute atomic E-state index is 0.379. The summed E-state index contributed by atoms with van der Waals surface area (Å²) >= 11 is 0. The predicted octanol–water partition coefficient (Wildman–Crippen LogP) is 3.19. The molecular weight excluding hydrogens is 198 g/mol. The molecule has 0 aromatic carbocycles. The molecular formula is C14H21NO. The van der Waals surface area contributed by atoms with E-state index in [4.69, 9.17) is 0 Å². The number of aliphatic hydroxyl groups excluding tert-OH is 1. The molecule has 1 aromatic heterocycles. The summed E-state index contributed by atoms with van der Waals surface area (Å²) in [7, 11) is 0. The van der Waals surface area contributed by atoms with Crippen molar-refractivity contribution in [3.05, 3.63) is 30.1 Å². The van der Waals surface area contributed by atoms with Crippen molar-refractivity contribution < 1.29 is 5.11 Å². The van der Waals surface area contributed by atoms with Crippen molar-refractivity contribution in [2.45, 2.75) is 39.2 Å². The van der Waals surface area contributed by atoms with Gasteiger partial charge in [0.15, 0.2) is 0 Å². The van der Waals surface area contributed by atoms with E-state index in [0.29, 0.717) is 5.92 Å². The van der Waals surface area contributed by atoms with Gasteiger partial charge >= 0.3 is 0 Å². The normalized spacial score (nSPS) is 32.3. The zero-order valence-electron chi connectivity index (χ0n) is 10.1. The topological polar surface area (TPSA) is 33.1 Å². The summed E-state index contributed by atoms with van der Waals surface area (Å²) in [5, 5.41) is 10.3. The standard InChI is InChI=1S/C14H21NO/c1-10-6-7-12(9-11(10)2)14(16)13-5-3-4-8-15-13/h3-5,8,10-12,14,16H,6-7,9H2,1-2H3. The molecule has 0 spiro atoms. The van der Waals surface area contributed by atoms with Crippen LogP contribution in [0.25, 0.3) is 0 Å². The van der Waals surface area contributed by atoms with E-state index >= 15 is 0 Å². The van der Waals surface area contributed by atoms with E-state index in [-0.39, 0.29) is 6.10 Å². The predicted molar refractivity (Wildman–Crippen MR) is 64.9 cm³/mol. The average Bonchev–Trinajstić information content (AvgIpc) is 2.33. The second-order valence-electron chi connectivity index (χ2n) is 5.23. The number of hydrogen-bond acceptors (Lipinski definition) is 2. The van der Waals surface area contributed by atoms with Crippen LogP contribution in [0.5, 0.6) is 0 Å². The van der Waals surface area contributed by atoms with Gasteiger partial charge in [-0.15, -0.1) is 0 Å². The van der Waals surface area contributed by atoms with Gasteiger partial charge in [-0.1, -0.05) is 26.3 Å². The van der Waals surface area contributed by atoms with Gasteiger partial charge in [-0.3, -0.25) is 4.98 Å². The molecule has 0 amide bonds. The van der Waals surface area contributed by atoms with Gasteiger partial charge in [0.05, 0.1) is 11.8 Å². The van der Waals surface area contributed by atoms with Crippen LogP contribution in [0.2, 0.25) is 0 Å². The molecule has 0 saturated heterocycles. The van der Waals surface area contributed by atoms with E-state index in [1.807, 2.05) is 18.2 Å². The number of pyridine rings is 1. The molecule has 0 bridgehead atoms. The van der Waals surface area contributed by atoms with Crippen molar-refractivity contribution in [3.8, 4) is 0 Å². The molecule has 0 radical (unpaired) electrons. The third-order valence-corrected chi connectivity index (χ3v) is 4.08. The molecule has 1 N–H and O–H groups in total. The first-order chi connectivity index (χ1) is 7.68. The van der Waals surface area contributed by atoms with Gasteiger partial charge in [0.1, 0.15) is 0 Å². The largest absolute Gasteiger partial charge is 0.387 e. The first-order valence-electron chi connectivity index (χ1n) is 6.27. The van der Waals surface area contributed by atoms with Crippen LogP contribution in [0.4, 0.5) is 0 Å². The fraction of sp³-hybridized carbons (Fsp3) is 0.643. The highest BCUT2D eigenvalue weighted by molar-refractivity contribution is 5.08. The molecule has 2 nitrogen and oxygen atoms in total. The third-order valence-electron chi connectivity index (χ3n) is 4.08. The van der Waals surface area contributed by atoms with E-state index in [1.54, 1.807) is 6.20 Å². The lowest BCUT2D eigenvalue weighted by Gasteiger charge is -2.34. The lowest BCUT2D eigenvalue weighted by Crippen LogP contribution is -2.25. The second-order valence-corrected chi connectivity index (χ2v) is 5.23. The summed E-state index contributed by atoms with van der Waals surface area (Å²) in [6.45, 7) is 4.61. The Labute approximate surface area is 97.7 Å². The Bertz CT molecular complexity index is 325. The van der Waals surface area contributed by atoms with E-state index in [9.17, 15) is 5.11 Å². The lowest BCUT2D eigenvalue weighted by atomic mass is 9.73. The number of rotatable bonds is 2. The highest BCUT2D eigenvalue weighted by atomic mass is 16.3. The molecule has 88 valence electrons. The Morgan fingerprint density at radius 3 is 2.69 bits per heavy atom. The first-order valence-corrected chi connectivity index (χ1v) is 6.27. The summed E-state index contributed by atoms with van der Waals surface area (Å²) in [5.41, 5.74) is 0.828. The minimum Gasteiger partial charge on any atom is -0.387 e. The molecule has 2 rings (SSSR count). The fourth-order valence-electron chi connectivity index (χ4n) is 2.67. The first kappa shape index (κ1) is 11.6. The van der Waals surface area contributed by atoms with E-state index < -0.39 is 0 Å². The fourth-order valence-corrected chi connectivity index (χ4v) is 2.67. The molecule has 2 heteroatoms. The molecule has 1 fully saturated rings. The Morgan fingerprint density at radius 1 is 1.25 bits per heavy atom. The van der Waals surface area contributed by atoms with Crippen molar-refractivity contribution >= 4 is 0 Å². The van der Waals surface area contributed by atoms with Crippen LogP contribution in [-0.4, -0.2) is 10.1 Å². The monoisotopic (exact) mass is 219 g/mol. The molecule has 1 aliphatic carbocycles. The maximum atomic E-state index is 10.3. The van der Waals surface area contributed by atoms with Crippen molar-refractivity contribution in [3.63, 3.8) is 0 Å². The summed E-state index contributed by atoms with van der Waals surface area (Å²) < 4.78 is 0. The van der Waals surface area contributed by atoms with Gasteiger partial charge in [-0.25, -0.2) is 0 Å². The number of nitrogens with zero attached hydrogens (tertiary/aromatic N) is 1. The number of hydrogen-bond donors (Lipinski definition) is 1. The van der Waals surface area contributed by atoms with Crippen LogP contribution in [0, 0.1) is 17.8 Å². The summed E-state index contributed by atoms with van der Waals surface area (Å²) in [5.74, 6) is 1.91. The number of aliphatic hydroxyl groups is 1. The Morgan fingerprint density at radius 2 is 2.06 bits per heavy atom. The molecule has 4 atom stereocenters. The maximum absolute atomic E-state index is 10.3. The van der Waals surface area contributed by atoms with E-state index in [2.05, 4.69) is 18.8 Å². The van der Waals surface area contributed by atoms with E-state index in [0.717, 1.165) is 30.4 Å². The van der Waals surface area contributed by atoms with Crippen molar-refractivity contribution in [1.29, 1.82) is 0 Å². The summed E-state index contributed by atoms with van der Waals surface area (Å²) in [6, 6.07) is 5.76. The van der Waals surface area contributed by atoms with Crippen LogP contribution < -0.4 is 0 Å². The maximum Gasteiger partial charge on any atom is 0.0987 e. The van der Waals surface area contributed by atoms with Crippen LogP contribution in [0.3, 0.4) is 0 Å². The molecule has 16 heavy (non-hydrogen) atoms. The highest BCUT2D eigenvalue weighted by Gasteiger charge is 2.30. The molecule has 1 aromatic rings. The smallest absolute Gasteiger partial charge is 0.0987 e. The van der Waals surface area contributed by atoms with Crippen LogP contribution in [0.1, 0.15) is 44.9 Å². The van der Waals surface area contributed by atoms with Gasteiger partial charge in [-0.05, 0) is 42.7 Å².